The number of ether oxygens (including phenoxy) is 1. The first-order chi connectivity index (χ1) is 8.99. The lowest BCUT2D eigenvalue weighted by Crippen LogP contribution is -2.33. The predicted octanol–water partition coefficient (Wildman–Crippen LogP) is 2.10. The number of carbonyl (C=O) groups excluding carboxylic acids is 1. The van der Waals surface area contributed by atoms with E-state index in [2.05, 4.69) is 0 Å². The number of hydrogen-bond donors (Lipinski definition) is 1. The first kappa shape index (κ1) is 11.8. The van der Waals surface area contributed by atoms with Crippen molar-refractivity contribution in [1.82, 2.24) is 0 Å². The van der Waals surface area contributed by atoms with Gasteiger partial charge in [0.15, 0.2) is 11.4 Å². The molecule has 98 valence electrons. The summed E-state index contributed by atoms with van der Waals surface area (Å²) in [4.78, 5) is 23.7. The lowest BCUT2D eigenvalue weighted by atomic mass is 9.90. The number of phenols is 1. The topological polar surface area (TPSA) is 76.7 Å². The Morgan fingerprint density at radius 3 is 2.68 bits per heavy atom. The minimum atomic E-state index is -0.570. The molecule has 1 aliphatic rings. The van der Waals surface area contributed by atoms with Crippen molar-refractivity contribution >= 4 is 16.8 Å². The second-order valence-electron chi connectivity index (χ2n) is 4.74. The van der Waals surface area contributed by atoms with E-state index in [1.54, 1.807) is 13.8 Å². The molecule has 1 N–H and O–H groups in total. The van der Waals surface area contributed by atoms with Gasteiger partial charge in [0.25, 0.3) is 0 Å². The Morgan fingerprint density at radius 2 is 1.95 bits per heavy atom. The maximum atomic E-state index is 12.3. The van der Waals surface area contributed by atoms with Crippen molar-refractivity contribution in [3.63, 3.8) is 0 Å². The highest BCUT2D eigenvalue weighted by Gasteiger charge is 2.34. The van der Waals surface area contributed by atoms with Crippen LogP contribution in [0.25, 0.3) is 11.0 Å². The molecular weight excluding hydrogens is 248 g/mol. The van der Waals surface area contributed by atoms with Gasteiger partial charge >= 0.3 is 5.63 Å². The lowest BCUT2D eigenvalue weighted by Gasteiger charge is -2.28. The Hall–Kier alpha value is -2.30. The number of rotatable bonds is 0. The number of fused-ring (bicyclic) bond motifs is 3. The van der Waals surface area contributed by atoms with Crippen LogP contribution in [0.2, 0.25) is 0 Å². The normalized spacial score (nSPS) is 22.1. The quantitative estimate of drug-likeness (QED) is 0.734. The molecule has 0 saturated carbocycles. The third-order valence-corrected chi connectivity index (χ3v) is 3.53. The zero-order chi connectivity index (χ0) is 13.7. The Labute approximate surface area is 108 Å². The fraction of sp³-hybridized carbons (Fsp3) is 0.286. The summed E-state index contributed by atoms with van der Waals surface area (Å²) in [6, 6.07) is 4.03. The summed E-state index contributed by atoms with van der Waals surface area (Å²) >= 11 is 0. The Balaban J connectivity index is 2.42. The van der Waals surface area contributed by atoms with E-state index in [1.165, 1.54) is 18.2 Å². The molecule has 0 bridgehead atoms. The molecule has 2 aromatic rings. The Morgan fingerprint density at radius 1 is 1.21 bits per heavy atom. The molecule has 0 saturated heterocycles. The van der Waals surface area contributed by atoms with Gasteiger partial charge in [-0.2, -0.15) is 0 Å². The summed E-state index contributed by atoms with van der Waals surface area (Å²) in [5, 5.41) is 10.2. The van der Waals surface area contributed by atoms with Gasteiger partial charge in [0.2, 0.25) is 0 Å². The van der Waals surface area contributed by atoms with Crippen LogP contribution in [0.5, 0.6) is 11.5 Å². The van der Waals surface area contributed by atoms with Crippen molar-refractivity contribution in [2.24, 2.45) is 5.92 Å². The number of carbonyl (C=O) groups is 1. The van der Waals surface area contributed by atoms with Crippen LogP contribution >= 0.6 is 0 Å². The van der Waals surface area contributed by atoms with E-state index in [4.69, 9.17) is 9.15 Å². The van der Waals surface area contributed by atoms with Gasteiger partial charge in [0.05, 0.1) is 11.3 Å². The van der Waals surface area contributed by atoms with Crippen molar-refractivity contribution in [3.8, 4) is 11.5 Å². The van der Waals surface area contributed by atoms with Gasteiger partial charge in [-0.1, -0.05) is 6.92 Å². The van der Waals surface area contributed by atoms with Gasteiger partial charge in [-0.15, -0.1) is 0 Å². The van der Waals surface area contributed by atoms with Gasteiger partial charge < -0.3 is 14.3 Å². The molecule has 0 radical (unpaired) electrons. The standard InChI is InChI=1S/C14H12O5/c1-6-7(2)18-10-5-9(15)8-3-4-11(16)19-14(8)12(10)13(6)17/h3-7,15H,1-2H3. The summed E-state index contributed by atoms with van der Waals surface area (Å²) < 4.78 is 10.7. The van der Waals surface area contributed by atoms with Crippen molar-refractivity contribution in [1.29, 1.82) is 0 Å². The van der Waals surface area contributed by atoms with Crippen LogP contribution < -0.4 is 10.4 Å². The highest BCUT2D eigenvalue weighted by atomic mass is 16.5. The van der Waals surface area contributed by atoms with Crippen molar-refractivity contribution in [2.75, 3.05) is 0 Å². The maximum Gasteiger partial charge on any atom is 0.336 e. The molecule has 0 spiro atoms. The van der Waals surface area contributed by atoms with Gasteiger partial charge in [0.1, 0.15) is 23.2 Å². The molecule has 0 fully saturated rings. The predicted molar refractivity (Wildman–Crippen MR) is 67.7 cm³/mol. The van der Waals surface area contributed by atoms with E-state index in [0.29, 0.717) is 5.39 Å². The van der Waals surface area contributed by atoms with Crippen LogP contribution in [0.1, 0.15) is 24.2 Å². The third-order valence-electron chi connectivity index (χ3n) is 3.53. The number of Topliss-reactive ketones (excluding diaryl/α,β-unsaturated/α-hetero) is 1. The second-order valence-corrected chi connectivity index (χ2v) is 4.74. The molecule has 19 heavy (non-hydrogen) atoms. The third kappa shape index (κ3) is 1.62. The number of ketones is 1. The minimum Gasteiger partial charge on any atom is -0.507 e. The zero-order valence-corrected chi connectivity index (χ0v) is 10.5. The molecule has 3 rings (SSSR count). The molecule has 1 aromatic carbocycles. The lowest BCUT2D eigenvalue weighted by molar-refractivity contribution is 0.0731. The van der Waals surface area contributed by atoms with E-state index in [9.17, 15) is 14.7 Å². The smallest absolute Gasteiger partial charge is 0.336 e. The van der Waals surface area contributed by atoms with Crippen molar-refractivity contribution < 1.29 is 19.1 Å². The molecular formula is C14H12O5. The monoisotopic (exact) mass is 260 g/mol. The SMILES string of the molecule is CC1Oc2cc(O)c3ccc(=O)oc3c2C(=O)C1C. The zero-order valence-electron chi connectivity index (χ0n) is 10.5. The molecule has 5 nitrogen and oxygen atoms in total. The molecule has 0 aliphatic carbocycles. The maximum absolute atomic E-state index is 12.3. The Bertz CT molecular complexity index is 743. The average molecular weight is 260 g/mol. The molecule has 2 unspecified atom stereocenters. The van der Waals surface area contributed by atoms with E-state index >= 15 is 0 Å². The van der Waals surface area contributed by atoms with Crippen LogP contribution in [-0.2, 0) is 0 Å². The first-order valence-electron chi connectivity index (χ1n) is 5.99. The van der Waals surface area contributed by atoms with Crippen molar-refractivity contribution in [2.45, 2.75) is 20.0 Å². The van der Waals surface area contributed by atoms with E-state index < -0.39 is 5.63 Å². The van der Waals surface area contributed by atoms with Gasteiger partial charge in [-0.25, -0.2) is 4.79 Å². The molecule has 2 heterocycles. The number of aromatic hydroxyl groups is 1. The van der Waals surface area contributed by atoms with Crippen LogP contribution in [0.3, 0.4) is 0 Å². The van der Waals surface area contributed by atoms with E-state index in [-0.39, 0.29) is 40.5 Å². The summed E-state index contributed by atoms with van der Waals surface area (Å²) in [6.45, 7) is 3.55. The summed E-state index contributed by atoms with van der Waals surface area (Å²) in [6.07, 6.45) is -0.285. The van der Waals surface area contributed by atoms with E-state index in [1.807, 2.05) is 0 Å². The second kappa shape index (κ2) is 3.85. The van der Waals surface area contributed by atoms with Crippen LogP contribution in [-0.4, -0.2) is 17.0 Å². The molecule has 2 atom stereocenters. The fourth-order valence-electron chi connectivity index (χ4n) is 2.26. The minimum absolute atomic E-state index is 0.0768. The fourth-order valence-corrected chi connectivity index (χ4v) is 2.26. The van der Waals surface area contributed by atoms with Gasteiger partial charge in [-0.05, 0) is 13.0 Å². The molecule has 1 aliphatic heterocycles. The van der Waals surface area contributed by atoms with Gasteiger partial charge in [-0.3, -0.25) is 4.79 Å². The molecule has 0 amide bonds. The van der Waals surface area contributed by atoms with Gasteiger partial charge in [0, 0.05) is 12.1 Å². The first-order valence-corrected chi connectivity index (χ1v) is 5.99. The molecule has 5 heteroatoms. The summed E-state index contributed by atoms with van der Waals surface area (Å²) in [7, 11) is 0. The van der Waals surface area contributed by atoms with E-state index in [0.717, 1.165) is 0 Å². The average Bonchev–Trinajstić information content (AvgIpc) is 2.35. The Kier molecular flexibility index (Phi) is 2.38. The number of hydrogen-bond acceptors (Lipinski definition) is 5. The van der Waals surface area contributed by atoms with Crippen LogP contribution in [0, 0.1) is 5.92 Å². The number of benzene rings is 1. The highest BCUT2D eigenvalue weighted by Crippen LogP contribution is 2.39. The molecule has 1 aromatic heterocycles. The highest BCUT2D eigenvalue weighted by molar-refractivity contribution is 6.11. The largest absolute Gasteiger partial charge is 0.507 e. The summed E-state index contributed by atoms with van der Waals surface area (Å²) in [5.41, 5.74) is -0.248. The van der Waals surface area contributed by atoms with Crippen LogP contribution in [0.4, 0.5) is 0 Å². The van der Waals surface area contributed by atoms with Crippen molar-refractivity contribution in [3.05, 3.63) is 34.2 Å². The number of phenolic OH excluding ortho intramolecular Hbond substituents is 1. The summed E-state index contributed by atoms with van der Waals surface area (Å²) in [5.74, 6) is -0.291. The van der Waals surface area contributed by atoms with Crippen LogP contribution in [0.15, 0.2) is 27.4 Å².